The summed E-state index contributed by atoms with van der Waals surface area (Å²) < 4.78 is 1.27. The molecular weight excluding hydrogens is 777 g/mol. The number of aryl methyl sites for hydroxylation is 2. The van der Waals surface area contributed by atoms with Crippen molar-refractivity contribution in [2.45, 2.75) is 92.4 Å². The molecule has 1 N–H and O–H groups in total. The zero-order chi connectivity index (χ0) is 33.0. The zero-order valence-electron chi connectivity index (χ0n) is 28.7. The van der Waals surface area contributed by atoms with Crippen molar-refractivity contribution in [1.82, 2.24) is 9.97 Å². The Hall–Kier alpha value is -3.18. The van der Waals surface area contributed by atoms with Crippen LogP contribution in [0.15, 0.2) is 72.9 Å². The van der Waals surface area contributed by atoms with Gasteiger partial charge in [-0.3, -0.25) is 14.8 Å². The summed E-state index contributed by atoms with van der Waals surface area (Å²) in [5.74, 6) is 0.547. The minimum Gasteiger partial charge on any atom is -0.512 e. The number of hydrogen-bond donors (Lipinski definition) is 1. The number of aliphatic hydroxyl groups is 1. The minimum atomic E-state index is 0. The molecule has 2 aromatic carbocycles. The third kappa shape index (κ3) is 7.77. The van der Waals surface area contributed by atoms with Gasteiger partial charge in [0.2, 0.25) is 0 Å². The first kappa shape index (κ1) is 36.7. The number of nitrogens with zero attached hydrogens (tertiary/aromatic N) is 2. The van der Waals surface area contributed by atoms with Crippen LogP contribution < -0.4 is 0 Å². The van der Waals surface area contributed by atoms with Crippen LogP contribution >= 0.6 is 11.3 Å². The Balaban J connectivity index is 0.000000269. The summed E-state index contributed by atoms with van der Waals surface area (Å²) in [6.45, 7) is 14.9. The summed E-state index contributed by atoms with van der Waals surface area (Å²) in [5.41, 5.74) is 7.65. The molecule has 0 aliphatic heterocycles. The maximum Gasteiger partial charge on any atom is 0.162 e. The summed E-state index contributed by atoms with van der Waals surface area (Å²) in [6.07, 6.45) is 12.9. The first-order chi connectivity index (χ1) is 22.1. The van der Waals surface area contributed by atoms with E-state index >= 15 is 0 Å². The normalized spacial score (nSPS) is 12.8. The van der Waals surface area contributed by atoms with Crippen LogP contribution in [0.4, 0.5) is 0 Å². The molecule has 0 bridgehead atoms. The smallest absolute Gasteiger partial charge is 0.162 e. The molecule has 0 saturated carbocycles. The van der Waals surface area contributed by atoms with Crippen LogP contribution in [0.2, 0.25) is 0 Å². The number of carbonyl (C=O) groups excluding carboxylic acids is 1. The third-order valence-electron chi connectivity index (χ3n) is 9.42. The van der Waals surface area contributed by atoms with Gasteiger partial charge in [0.25, 0.3) is 0 Å². The summed E-state index contributed by atoms with van der Waals surface area (Å²) in [4.78, 5) is 22.3. The molecule has 0 saturated heterocycles. The molecule has 1 aliphatic rings. The van der Waals surface area contributed by atoms with Crippen LogP contribution in [0.3, 0.4) is 0 Å². The Labute approximate surface area is 298 Å². The Morgan fingerprint density at radius 2 is 1.66 bits per heavy atom. The fourth-order valence-corrected chi connectivity index (χ4v) is 8.01. The molecule has 249 valence electrons. The van der Waals surface area contributed by atoms with E-state index in [2.05, 4.69) is 74.3 Å². The van der Waals surface area contributed by atoms with E-state index < -0.39 is 0 Å². The summed E-state index contributed by atoms with van der Waals surface area (Å²) in [7, 11) is 0. The molecule has 0 unspecified atom stereocenters. The van der Waals surface area contributed by atoms with Crippen molar-refractivity contribution in [1.29, 1.82) is 0 Å². The molecule has 0 atom stereocenters. The van der Waals surface area contributed by atoms with Gasteiger partial charge in [0.05, 0.1) is 5.76 Å². The topological polar surface area (TPSA) is 63.1 Å². The minimum absolute atomic E-state index is 0. The third-order valence-corrected chi connectivity index (χ3v) is 10.7. The standard InChI is InChI=1S/C28H23N2S.C13H24O2.Ir/c1-28(2,3)24-15-19(14-17-6-4-5-7-20(17)24)25-27-23(11-13-30-25)22-9-8-18-16-29-12-10-21(18)26(22)31-27;1-5-10(6-2)12(14)9-13(15)11(7-3)8-4;/h4-7,10-13,15-16H,8-9H2,1-3H3;9-11,14H,5-8H2,1-4H3;/q-1;;/b;12-9-;. The first-order valence-corrected chi connectivity index (χ1v) is 17.7. The van der Waals surface area contributed by atoms with Crippen molar-refractivity contribution in [3.05, 3.63) is 95.6 Å². The molecule has 6 heteroatoms. The molecule has 0 spiro atoms. The van der Waals surface area contributed by atoms with Crippen molar-refractivity contribution in [3.63, 3.8) is 0 Å². The average Bonchev–Trinajstić information content (AvgIpc) is 3.45. The van der Waals surface area contributed by atoms with Crippen molar-refractivity contribution in [2.75, 3.05) is 0 Å². The van der Waals surface area contributed by atoms with E-state index in [4.69, 9.17) is 4.98 Å². The second kappa shape index (κ2) is 15.8. The molecule has 1 aliphatic carbocycles. The molecule has 0 fully saturated rings. The predicted molar refractivity (Wildman–Crippen MR) is 195 cm³/mol. The number of ketones is 1. The van der Waals surface area contributed by atoms with E-state index in [1.54, 1.807) is 0 Å². The number of hydrogen-bond acceptors (Lipinski definition) is 5. The number of allylic oxidation sites excluding steroid dienone is 2. The van der Waals surface area contributed by atoms with Crippen molar-refractivity contribution < 1.29 is 30.0 Å². The SMILES string of the molecule is CC(C)(C)c1cc(-c2nccc3c4c(sc23)-c2ccncc2CC4)[c-]c2ccccc12.CCC(CC)C(=O)/C=C(\O)C(CC)CC.[Ir]. The van der Waals surface area contributed by atoms with E-state index in [1.807, 2.05) is 57.6 Å². The number of benzene rings is 2. The van der Waals surface area contributed by atoms with Gasteiger partial charge in [-0.15, -0.1) is 40.5 Å². The fraction of sp³-hybridized carbons (Fsp3) is 0.390. The number of fused-ring (bicyclic) bond motifs is 6. The number of aliphatic hydroxyl groups excluding tert-OH is 1. The van der Waals surface area contributed by atoms with Gasteiger partial charge < -0.3 is 5.11 Å². The van der Waals surface area contributed by atoms with Crippen molar-refractivity contribution in [3.8, 4) is 21.7 Å². The number of rotatable bonds is 8. The first-order valence-electron chi connectivity index (χ1n) is 16.8. The molecule has 3 aromatic heterocycles. The van der Waals surface area contributed by atoms with Crippen LogP contribution in [0.5, 0.6) is 0 Å². The number of pyridine rings is 2. The Morgan fingerprint density at radius 3 is 2.34 bits per heavy atom. The maximum atomic E-state index is 11.7. The summed E-state index contributed by atoms with van der Waals surface area (Å²) in [5, 5.41) is 13.5. The predicted octanol–water partition coefficient (Wildman–Crippen LogP) is 11.2. The molecule has 0 amide bonds. The van der Waals surface area contributed by atoms with Crippen molar-refractivity contribution in [2.24, 2.45) is 11.8 Å². The van der Waals surface area contributed by atoms with Crippen LogP contribution in [-0.4, -0.2) is 20.9 Å². The molecule has 1 radical (unpaired) electrons. The van der Waals surface area contributed by atoms with Crippen LogP contribution in [0.1, 0.15) is 90.8 Å². The van der Waals surface area contributed by atoms with Gasteiger partial charge in [-0.05, 0) is 78.1 Å². The molecular formula is C41H47IrN2O2S-. The Kier molecular flexibility index (Phi) is 12.3. The zero-order valence-corrected chi connectivity index (χ0v) is 32.0. The Morgan fingerprint density at radius 1 is 0.957 bits per heavy atom. The number of aromatic nitrogens is 2. The monoisotopic (exact) mass is 824 g/mol. The second-order valence-corrected chi connectivity index (χ2v) is 14.4. The second-order valence-electron chi connectivity index (χ2n) is 13.4. The number of carbonyl (C=O) groups is 1. The quantitative estimate of drug-likeness (QED) is 0.0962. The van der Waals surface area contributed by atoms with E-state index in [9.17, 15) is 9.90 Å². The maximum absolute atomic E-state index is 11.7. The van der Waals surface area contributed by atoms with E-state index in [0.29, 0.717) is 0 Å². The van der Waals surface area contributed by atoms with Gasteiger partial charge in [-0.1, -0.05) is 77.6 Å². The van der Waals surface area contributed by atoms with E-state index in [-0.39, 0.29) is 48.9 Å². The molecule has 3 heterocycles. The van der Waals surface area contributed by atoms with Gasteiger partial charge in [0.15, 0.2) is 5.78 Å². The van der Waals surface area contributed by atoms with Crippen LogP contribution in [0, 0.1) is 17.9 Å². The van der Waals surface area contributed by atoms with E-state index in [1.165, 1.54) is 48.7 Å². The summed E-state index contributed by atoms with van der Waals surface area (Å²) in [6, 6.07) is 18.9. The van der Waals surface area contributed by atoms with Gasteiger partial charge >= 0.3 is 0 Å². The largest absolute Gasteiger partial charge is 0.512 e. The van der Waals surface area contributed by atoms with E-state index in [0.717, 1.165) is 55.2 Å². The molecule has 6 rings (SSSR count). The van der Waals surface area contributed by atoms with Gasteiger partial charge in [0, 0.05) is 71.9 Å². The molecule has 4 nitrogen and oxygen atoms in total. The Bertz CT molecular complexity index is 1880. The molecule has 47 heavy (non-hydrogen) atoms. The van der Waals surface area contributed by atoms with Crippen LogP contribution in [-0.2, 0) is 43.2 Å². The van der Waals surface area contributed by atoms with Gasteiger partial charge in [0.1, 0.15) is 0 Å². The fourth-order valence-electron chi connectivity index (χ4n) is 6.60. The van der Waals surface area contributed by atoms with Gasteiger partial charge in [-0.2, -0.15) is 0 Å². The number of thiophene rings is 1. The molecule has 5 aromatic rings. The van der Waals surface area contributed by atoms with Crippen molar-refractivity contribution >= 4 is 38.0 Å². The van der Waals surface area contributed by atoms with Crippen LogP contribution in [0.25, 0.3) is 42.6 Å². The average molecular weight is 824 g/mol. The van der Waals surface area contributed by atoms with Gasteiger partial charge in [-0.25, -0.2) is 0 Å². The summed E-state index contributed by atoms with van der Waals surface area (Å²) >= 11 is 1.87.